The first-order valence-electron chi connectivity index (χ1n) is 9.34. The molecule has 6 nitrogen and oxygen atoms in total. The van der Waals surface area contributed by atoms with Crippen LogP contribution in [-0.2, 0) is 11.2 Å². The molecule has 30 heavy (non-hydrogen) atoms. The summed E-state index contributed by atoms with van der Waals surface area (Å²) in [6, 6.07) is 6.09. The Morgan fingerprint density at radius 1 is 1.10 bits per heavy atom. The third kappa shape index (κ3) is 4.03. The van der Waals surface area contributed by atoms with Gasteiger partial charge in [0.05, 0.1) is 11.1 Å². The molecule has 3 heterocycles. The van der Waals surface area contributed by atoms with Crippen molar-refractivity contribution in [2.45, 2.75) is 33.6 Å². The smallest absolute Gasteiger partial charge is 0.259 e. The number of nitrogens with zero attached hydrogens (tertiary/aromatic N) is 2. The van der Waals surface area contributed by atoms with E-state index in [2.05, 4.69) is 20.3 Å². The molecule has 0 fully saturated rings. The molecule has 0 bridgehead atoms. The van der Waals surface area contributed by atoms with Crippen LogP contribution >= 0.6 is 22.7 Å². The third-order valence-electron chi connectivity index (χ3n) is 4.84. The number of aromatic amines is 1. The molecule has 154 valence electrons. The molecule has 1 aromatic carbocycles. The monoisotopic (exact) mass is 442 g/mol. The fraction of sp³-hybridized carbons (Fsp3) is 0.238. The van der Waals surface area contributed by atoms with Gasteiger partial charge in [-0.25, -0.2) is 14.4 Å². The number of carbonyl (C=O) groups is 1. The van der Waals surface area contributed by atoms with Gasteiger partial charge in [-0.05, 0) is 50.6 Å². The molecular weight excluding hydrogens is 423 g/mol. The number of anilines is 1. The maximum absolute atomic E-state index is 13.1. The summed E-state index contributed by atoms with van der Waals surface area (Å²) in [6.07, 6.45) is 0.491. The van der Waals surface area contributed by atoms with Crippen molar-refractivity contribution in [1.82, 2.24) is 15.0 Å². The normalized spacial score (nSPS) is 11.2. The van der Waals surface area contributed by atoms with Crippen LogP contribution in [0.15, 0.2) is 29.1 Å². The summed E-state index contributed by atoms with van der Waals surface area (Å²) in [5, 5.41) is 3.90. The molecule has 1 amide bonds. The quantitative estimate of drug-likeness (QED) is 0.467. The van der Waals surface area contributed by atoms with Gasteiger partial charge in [0.25, 0.3) is 5.56 Å². The van der Waals surface area contributed by atoms with Crippen molar-refractivity contribution in [3.63, 3.8) is 0 Å². The average Bonchev–Trinajstić information content (AvgIpc) is 3.20. The third-order valence-corrected chi connectivity index (χ3v) is 6.82. The van der Waals surface area contributed by atoms with Crippen molar-refractivity contribution < 1.29 is 9.18 Å². The molecule has 0 radical (unpaired) electrons. The minimum atomic E-state index is -0.308. The molecule has 9 heteroatoms. The highest BCUT2D eigenvalue weighted by atomic mass is 32.1. The van der Waals surface area contributed by atoms with E-state index in [1.807, 2.05) is 20.8 Å². The zero-order chi connectivity index (χ0) is 21.4. The van der Waals surface area contributed by atoms with E-state index in [0.29, 0.717) is 27.6 Å². The minimum Gasteiger partial charge on any atom is -0.310 e. The van der Waals surface area contributed by atoms with Gasteiger partial charge < -0.3 is 10.3 Å². The van der Waals surface area contributed by atoms with Crippen molar-refractivity contribution >= 4 is 43.9 Å². The topological polar surface area (TPSA) is 87.7 Å². The van der Waals surface area contributed by atoms with Crippen LogP contribution in [0.3, 0.4) is 0 Å². The number of hydrogen-bond acceptors (Lipinski definition) is 6. The number of rotatable bonds is 5. The second-order valence-electron chi connectivity index (χ2n) is 6.95. The van der Waals surface area contributed by atoms with Gasteiger partial charge in [-0.2, -0.15) is 0 Å². The predicted molar refractivity (Wildman–Crippen MR) is 119 cm³/mol. The highest BCUT2D eigenvalue weighted by Crippen LogP contribution is 2.30. The van der Waals surface area contributed by atoms with Crippen LogP contribution in [0.2, 0.25) is 0 Å². The molecule has 4 aromatic rings. The van der Waals surface area contributed by atoms with Crippen LogP contribution in [0.5, 0.6) is 0 Å². The molecular formula is C21H19FN4O2S2. The average molecular weight is 443 g/mol. The summed E-state index contributed by atoms with van der Waals surface area (Å²) < 4.78 is 13.1. The number of amides is 1. The fourth-order valence-corrected chi connectivity index (χ4v) is 5.06. The number of aryl methyl sites for hydroxylation is 4. The molecule has 3 aromatic heterocycles. The number of halogens is 1. The van der Waals surface area contributed by atoms with E-state index in [4.69, 9.17) is 0 Å². The van der Waals surface area contributed by atoms with Gasteiger partial charge in [0, 0.05) is 28.2 Å². The lowest BCUT2D eigenvalue weighted by atomic mass is 10.1. The first-order valence-corrected chi connectivity index (χ1v) is 11.0. The van der Waals surface area contributed by atoms with E-state index < -0.39 is 0 Å². The van der Waals surface area contributed by atoms with E-state index in [0.717, 1.165) is 26.6 Å². The number of aromatic nitrogens is 3. The van der Waals surface area contributed by atoms with Crippen LogP contribution in [-0.4, -0.2) is 20.9 Å². The number of benzene rings is 1. The van der Waals surface area contributed by atoms with Crippen LogP contribution in [0.1, 0.15) is 27.6 Å². The van der Waals surface area contributed by atoms with Gasteiger partial charge in [-0.1, -0.05) is 0 Å². The van der Waals surface area contributed by atoms with E-state index in [-0.39, 0.29) is 23.7 Å². The maximum atomic E-state index is 13.1. The Hall–Kier alpha value is -2.91. The Balaban J connectivity index is 1.44. The van der Waals surface area contributed by atoms with Crippen LogP contribution in [0.4, 0.5) is 9.52 Å². The Morgan fingerprint density at radius 2 is 1.83 bits per heavy atom. The standard InChI is InChI=1S/C21H19FN4O2S2/c1-10-11(2)29-20-17(10)19(28)23-15(24-20)8-9-16(27)25-21-26-18(12(3)30-21)13-4-6-14(22)7-5-13/h4-7H,8-9H2,1-3H3,(H,23,24,28)(H,25,26,27). The summed E-state index contributed by atoms with van der Waals surface area (Å²) in [5.74, 6) is -0.0280. The molecule has 2 N–H and O–H groups in total. The molecule has 0 aliphatic heterocycles. The van der Waals surface area contributed by atoms with Crippen LogP contribution in [0.25, 0.3) is 21.5 Å². The van der Waals surface area contributed by atoms with Crippen molar-refractivity contribution in [1.29, 1.82) is 0 Å². The van der Waals surface area contributed by atoms with Gasteiger partial charge in [0.1, 0.15) is 16.5 Å². The van der Waals surface area contributed by atoms with Gasteiger partial charge in [-0.15, -0.1) is 22.7 Å². The van der Waals surface area contributed by atoms with Crippen LogP contribution < -0.4 is 10.9 Å². The second kappa shape index (κ2) is 8.08. The molecule has 0 aliphatic rings. The fourth-order valence-electron chi connectivity index (χ4n) is 3.16. The highest BCUT2D eigenvalue weighted by Gasteiger charge is 2.15. The number of nitrogens with one attached hydrogen (secondary N) is 2. The van der Waals surface area contributed by atoms with Crippen molar-refractivity contribution in [3.05, 3.63) is 61.6 Å². The lowest BCUT2D eigenvalue weighted by molar-refractivity contribution is -0.116. The Kier molecular flexibility index (Phi) is 5.48. The predicted octanol–water partition coefficient (Wildman–Crippen LogP) is 4.74. The highest BCUT2D eigenvalue weighted by molar-refractivity contribution is 7.18. The van der Waals surface area contributed by atoms with Gasteiger partial charge >= 0.3 is 0 Å². The Labute approximate surface area is 179 Å². The number of hydrogen-bond donors (Lipinski definition) is 2. The SMILES string of the molecule is Cc1sc(NC(=O)CCc2nc3sc(C)c(C)c3c(=O)[nH]2)nc1-c1ccc(F)cc1. The Bertz CT molecular complexity index is 1310. The zero-order valence-electron chi connectivity index (χ0n) is 16.6. The van der Waals surface area contributed by atoms with E-state index in [1.54, 1.807) is 12.1 Å². The largest absolute Gasteiger partial charge is 0.310 e. The molecule has 4 rings (SSSR count). The number of thiazole rings is 1. The minimum absolute atomic E-state index is 0.169. The summed E-state index contributed by atoms with van der Waals surface area (Å²) >= 11 is 2.85. The van der Waals surface area contributed by atoms with Gasteiger partial charge in [0.2, 0.25) is 5.91 Å². The number of fused-ring (bicyclic) bond motifs is 1. The van der Waals surface area contributed by atoms with Crippen molar-refractivity contribution in [3.8, 4) is 11.3 Å². The van der Waals surface area contributed by atoms with Crippen molar-refractivity contribution in [2.75, 3.05) is 5.32 Å². The van der Waals surface area contributed by atoms with E-state index >= 15 is 0 Å². The molecule has 0 unspecified atom stereocenters. The van der Waals surface area contributed by atoms with Crippen LogP contribution in [0, 0.1) is 26.6 Å². The maximum Gasteiger partial charge on any atom is 0.259 e. The summed E-state index contributed by atoms with van der Waals surface area (Å²) in [7, 11) is 0. The zero-order valence-corrected chi connectivity index (χ0v) is 18.3. The summed E-state index contributed by atoms with van der Waals surface area (Å²) in [5.41, 5.74) is 2.29. The van der Waals surface area contributed by atoms with E-state index in [9.17, 15) is 14.0 Å². The first kappa shape index (κ1) is 20.4. The number of thiophene rings is 1. The molecule has 0 saturated heterocycles. The molecule has 0 atom stereocenters. The lowest BCUT2D eigenvalue weighted by Gasteiger charge is -2.02. The number of H-pyrrole nitrogens is 1. The first-order chi connectivity index (χ1) is 14.3. The van der Waals surface area contributed by atoms with Gasteiger partial charge in [0.15, 0.2) is 5.13 Å². The molecule has 0 saturated carbocycles. The summed E-state index contributed by atoms with van der Waals surface area (Å²) in [6.45, 7) is 5.78. The number of carbonyl (C=O) groups excluding carboxylic acids is 1. The lowest BCUT2D eigenvalue weighted by Crippen LogP contribution is -2.16. The molecule has 0 aliphatic carbocycles. The van der Waals surface area contributed by atoms with Gasteiger partial charge in [-0.3, -0.25) is 9.59 Å². The second-order valence-corrected chi connectivity index (χ2v) is 9.36. The summed E-state index contributed by atoms with van der Waals surface area (Å²) in [4.78, 5) is 39.2. The molecule has 0 spiro atoms. The Morgan fingerprint density at radius 3 is 2.57 bits per heavy atom. The van der Waals surface area contributed by atoms with E-state index in [1.165, 1.54) is 34.8 Å². The van der Waals surface area contributed by atoms with Crippen molar-refractivity contribution in [2.24, 2.45) is 0 Å².